The molecule has 110 valence electrons. The van der Waals surface area contributed by atoms with E-state index in [4.69, 9.17) is 5.11 Å². The van der Waals surface area contributed by atoms with Crippen molar-refractivity contribution in [1.82, 2.24) is 5.32 Å². The van der Waals surface area contributed by atoms with Gasteiger partial charge in [0, 0.05) is 12.2 Å². The molecule has 0 saturated heterocycles. The highest BCUT2D eigenvalue weighted by Gasteiger charge is 2.10. The lowest BCUT2D eigenvalue weighted by Gasteiger charge is -2.10. The van der Waals surface area contributed by atoms with Crippen molar-refractivity contribution < 1.29 is 14.7 Å². The molecule has 2 amide bonds. The number of rotatable bonds is 6. The first-order chi connectivity index (χ1) is 9.40. The van der Waals surface area contributed by atoms with Crippen molar-refractivity contribution in [3.63, 3.8) is 0 Å². The predicted octanol–water partition coefficient (Wildman–Crippen LogP) is 3.04. The third-order valence-corrected chi connectivity index (χ3v) is 3.12. The molecule has 0 spiro atoms. The summed E-state index contributed by atoms with van der Waals surface area (Å²) in [5.74, 6) is -0.854. The molecule has 0 aromatic heterocycles. The van der Waals surface area contributed by atoms with E-state index in [-0.39, 0.29) is 6.03 Å². The molecule has 0 saturated carbocycles. The summed E-state index contributed by atoms with van der Waals surface area (Å²) in [6.45, 7) is 6.17. The Balaban J connectivity index is 2.37. The van der Waals surface area contributed by atoms with Crippen LogP contribution in [0.1, 0.15) is 38.7 Å². The highest BCUT2D eigenvalue weighted by Crippen LogP contribution is 2.16. The largest absolute Gasteiger partial charge is 0.481 e. The Morgan fingerprint density at radius 2 is 1.75 bits per heavy atom. The van der Waals surface area contributed by atoms with Crippen LogP contribution in [0, 0.1) is 5.92 Å². The zero-order chi connectivity index (χ0) is 15.1. The molecule has 5 nitrogen and oxygen atoms in total. The minimum Gasteiger partial charge on any atom is -0.481 e. The fourth-order valence-corrected chi connectivity index (χ4v) is 1.65. The molecule has 0 heterocycles. The molecule has 1 atom stereocenters. The molecule has 0 radical (unpaired) electrons. The first-order valence-electron chi connectivity index (χ1n) is 6.77. The first kappa shape index (κ1) is 16.0. The number of carboxylic acid groups (broad SMARTS) is 1. The van der Waals surface area contributed by atoms with Gasteiger partial charge in [0.15, 0.2) is 0 Å². The minimum absolute atomic E-state index is 0.320. The van der Waals surface area contributed by atoms with E-state index >= 15 is 0 Å². The van der Waals surface area contributed by atoms with Crippen molar-refractivity contribution in [2.24, 2.45) is 5.92 Å². The zero-order valence-corrected chi connectivity index (χ0v) is 12.1. The maximum atomic E-state index is 11.6. The summed E-state index contributed by atoms with van der Waals surface area (Å²) in [6, 6.07) is 7.35. The predicted molar refractivity (Wildman–Crippen MR) is 79.0 cm³/mol. The summed E-state index contributed by atoms with van der Waals surface area (Å²) in [6.07, 6.45) is 0.412. The zero-order valence-electron chi connectivity index (χ0n) is 12.1. The number of anilines is 1. The number of carbonyl (C=O) groups is 2. The number of nitrogens with one attached hydrogen (secondary N) is 2. The first-order valence-corrected chi connectivity index (χ1v) is 6.77. The number of benzene rings is 1. The number of hydrogen-bond acceptors (Lipinski definition) is 2. The van der Waals surface area contributed by atoms with E-state index in [1.165, 1.54) is 5.56 Å². The Labute approximate surface area is 119 Å². The quantitative estimate of drug-likeness (QED) is 0.748. The second kappa shape index (κ2) is 7.53. The minimum atomic E-state index is -0.850. The van der Waals surface area contributed by atoms with Crippen LogP contribution in [0.5, 0.6) is 0 Å². The Morgan fingerprint density at radius 1 is 1.15 bits per heavy atom. The normalized spacial score (nSPS) is 12.0. The summed E-state index contributed by atoms with van der Waals surface area (Å²) in [7, 11) is 0. The summed E-state index contributed by atoms with van der Waals surface area (Å²) in [5, 5.41) is 14.1. The van der Waals surface area contributed by atoms with Gasteiger partial charge in [-0.05, 0) is 30.0 Å². The number of amides is 2. The van der Waals surface area contributed by atoms with Crippen molar-refractivity contribution in [1.29, 1.82) is 0 Å². The molecule has 0 fully saturated rings. The summed E-state index contributed by atoms with van der Waals surface area (Å²) in [5.41, 5.74) is 1.93. The van der Waals surface area contributed by atoms with Crippen LogP contribution in [-0.4, -0.2) is 23.7 Å². The lowest BCUT2D eigenvalue weighted by molar-refractivity contribution is -0.141. The smallest absolute Gasteiger partial charge is 0.319 e. The Hall–Kier alpha value is -2.04. The fourth-order valence-electron chi connectivity index (χ4n) is 1.65. The van der Waals surface area contributed by atoms with Gasteiger partial charge < -0.3 is 15.7 Å². The van der Waals surface area contributed by atoms with Gasteiger partial charge in [-0.2, -0.15) is 0 Å². The molecular formula is C15H22N2O3. The molecule has 0 aliphatic heterocycles. The fraction of sp³-hybridized carbons (Fsp3) is 0.467. The second-order valence-electron chi connectivity index (χ2n) is 5.19. The SMILES string of the molecule is CC(CCNC(=O)Nc1ccc(C(C)C)cc1)C(=O)O. The molecule has 1 unspecified atom stereocenters. The average Bonchev–Trinajstić information content (AvgIpc) is 2.39. The van der Waals surface area contributed by atoms with Crippen LogP contribution in [0.15, 0.2) is 24.3 Å². The van der Waals surface area contributed by atoms with E-state index in [0.29, 0.717) is 18.9 Å². The number of hydrogen-bond donors (Lipinski definition) is 3. The second-order valence-corrected chi connectivity index (χ2v) is 5.19. The number of aliphatic carboxylic acids is 1. The molecule has 0 aliphatic rings. The van der Waals surface area contributed by atoms with E-state index < -0.39 is 11.9 Å². The Morgan fingerprint density at radius 3 is 2.25 bits per heavy atom. The Bertz CT molecular complexity index is 455. The van der Waals surface area contributed by atoms with Gasteiger partial charge >= 0.3 is 12.0 Å². The van der Waals surface area contributed by atoms with Crippen LogP contribution in [-0.2, 0) is 4.79 Å². The van der Waals surface area contributed by atoms with Crippen LogP contribution in [0.25, 0.3) is 0 Å². The molecule has 1 aromatic carbocycles. The molecular weight excluding hydrogens is 256 g/mol. The van der Waals surface area contributed by atoms with E-state index in [1.807, 2.05) is 24.3 Å². The third-order valence-electron chi connectivity index (χ3n) is 3.12. The lowest BCUT2D eigenvalue weighted by atomic mass is 10.0. The van der Waals surface area contributed by atoms with Crippen molar-refractivity contribution in [3.05, 3.63) is 29.8 Å². The van der Waals surface area contributed by atoms with Crippen LogP contribution in [0.2, 0.25) is 0 Å². The summed E-state index contributed by atoms with van der Waals surface area (Å²) >= 11 is 0. The van der Waals surface area contributed by atoms with E-state index in [0.717, 1.165) is 5.69 Å². The number of urea groups is 1. The molecule has 3 N–H and O–H groups in total. The molecule has 1 aromatic rings. The van der Waals surface area contributed by atoms with Gasteiger partial charge in [0.2, 0.25) is 0 Å². The van der Waals surface area contributed by atoms with Crippen LogP contribution >= 0.6 is 0 Å². The number of carbonyl (C=O) groups excluding carboxylic acids is 1. The maximum absolute atomic E-state index is 11.6. The van der Waals surface area contributed by atoms with Crippen LogP contribution in [0.3, 0.4) is 0 Å². The maximum Gasteiger partial charge on any atom is 0.319 e. The standard InChI is InChI=1S/C15H22N2O3/c1-10(2)12-4-6-13(7-5-12)17-15(20)16-9-8-11(3)14(18)19/h4-7,10-11H,8-9H2,1-3H3,(H,18,19)(H2,16,17,20). The average molecular weight is 278 g/mol. The topological polar surface area (TPSA) is 78.4 Å². The molecule has 0 bridgehead atoms. The van der Waals surface area contributed by atoms with E-state index in [2.05, 4.69) is 24.5 Å². The molecule has 1 rings (SSSR count). The van der Waals surface area contributed by atoms with Gasteiger partial charge in [-0.1, -0.05) is 32.9 Å². The Kier molecular flexibility index (Phi) is 6.03. The molecule has 20 heavy (non-hydrogen) atoms. The van der Waals surface area contributed by atoms with Crippen molar-refractivity contribution in [2.75, 3.05) is 11.9 Å². The van der Waals surface area contributed by atoms with Crippen molar-refractivity contribution in [2.45, 2.75) is 33.1 Å². The van der Waals surface area contributed by atoms with Crippen LogP contribution in [0.4, 0.5) is 10.5 Å². The van der Waals surface area contributed by atoms with Crippen molar-refractivity contribution in [3.8, 4) is 0 Å². The molecule has 5 heteroatoms. The molecule has 0 aliphatic carbocycles. The highest BCUT2D eigenvalue weighted by molar-refractivity contribution is 5.89. The van der Waals surface area contributed by atoms with Gasteiger partial charge in [-0.3, -0.25) is 4.79 Å². The van der Waals surface area contributed by atoms with Gasteiger partial charge in [0.05, 0.1) is 5.92 Å². The number of carboxylic acids is 1. The van der Waals surface area contributed by atoms with Gasteiger partial charge in [0.1, 0.15) is 0 Å². The van der Waals surface area contributed by atoms with Gasteiger partial charge in [-0.15, -0.1) is 0 Å². The monoisotopic (exact) mass is 278 g/mol. The van der Waals surface area contributed by atoms with Gasteiger partial charge in [-0.25, -0.2) is 4.79 Å². The van der Waals surface area contributed by atoms with E-state index in [9.17, 15) is 9.59 Å². The van der Waals surface area contributed by atoms with Crippen molar-refractivity contribution >= 4 is 17.7 Å². The van der Waals surface area contributed by atoms with Crippen LogP contribution < -0.4 is 10.6 Å². The van der Waals surface area contributed by atoms with E-state index in [1.54, 1.807) is 6.92 Å². The summed E-state index contributed by atoms with van der Waals surface area (Å²) < 4.78 is 0. The summed E-state index contributed by atoms with van der Waals surface area (Å²) in [4.78, 5) is 22.2. The van der Waals surface area contributed by atoms with Gasteiger partial charge in [0.25, 0.3) is 0 Å². The third kappa shape index (κ3) is 5.30. The lowest BCUT2D eigenvalue weighted by Crippen LogP contribution is -2.31. The highest BCUT2D eigenvalue weighted by atomic mass is 16.4.